The number of hydrogen-bond acceptors (Lipinski definition) is 5. The van der Waals surface area contributed by atoms with Crippen LogP contribution in [0.3, 0.4) is 0 Å². The van der Waals surface area contributed by atoms with Crippen LogP contribution in [-0.4, -0.2) is 21.7 Å². The summed E-state index contributed by atoms with van der Waals surface area (Å²) in [7, 11) is 0. The molecule has 2 heterocycles. The van der Waals surface area contributed by atoms with Crippen LogP contribution in [0, 0.1) is 6.92 Å². The average molecular weight is 232 g/mol. The summed E-state index contributed by atoms with van der Waals surface area (Å²) in [6.07, 6.45) is 3.48. The highest BCUT2D eigenvalue weighted by atomic mass is 16.5. The fraction of sp³-hybridized carbons (Fsp3) is 0.417. The first-order chi connectivity index (χ1) is 8.04. The summed E-state index contributed by atoms with van der Waals surface area (Å²) in [6.45, 7) is 6.39. The van der Waals surface area contributed by atoms with Gasteiger partial charge in [-0.25, -0.2) is 0 Å². The summed E-state index contributed by atoms with van der Waals surface area (Å²) in [4.78, 5) is 8.45. The van der Waals surface area contributed by atoms with E-state index in [-0.39, 0.29) is 5.41 Å². The zero-order chi connectivity index (χ0) is 12.5. The van der Waals surface area contributed by atoms with Crippen LogP contribution in [0.25, 0.3) is 11.4 Å². The van der Waals surface area contributed by atoms with Crippen molar-refractivity contribution in [3.8, 4) is 11.4 Å². The SMILES string of the molecule is Cc1ccncc1-c1noc(C(C)(C)CN)n1. The Kier molecular flexibility index (Phi) is 2.93. The van der Waals surface area contributed by atoms with Gasteiger partial charge in [0.15, 0.2) is 0 Å². The second-order valence-electron chi connectivity index (χ2n) is 4.70. The van der Waals surface area contributed by atoms with E-state index in [1.807, 2.05) is 26.8 Å². The van der Waals surface area contributed by atoms with Crippen molar-refractivity contribution in [3.05, 3.63) is 29.9 Å². The molecule has 0 unspecified atom stereocenters. The lowest BCUT2D eigenvalue weighted by Gasteiger charge is -2.15. The van der Waals surface area contributed by atoms with Crippen molar-refractivity contribution in [1.29, 1.82) is 0 Å². The smallest absolute Gasteiger partial charge is 0.233 e. The lowest BCUT2D eigenvalue weighted by Crippen LogP contribution is -2.28. The molecule has 90 valence electrons. The third kappa shape index (κ3) is 2.19. The largest absolute Gasteiger partial charge is 0.338 e. The van der Waals surface area contributed by atoms with E-state index in [4.69, 9.17) is 10.3 Å². The first kappa shape index (κ1) is 11.7. The minimum atomic E-state index is -0.304. The fourth-order valence-electron chi connectivity index (χ4n) is 1.39. The van der Waals surface area contributed by atoms with Gasteiger partial charge in [-0.05, 0) is 32.4 Å². The predicted molar refractivity (Wildman–Crippen MR) is 64.3 cm³/mol. The first-order valence-corrected chi connectivity index (χ1v) is 5.50. The van der Waals surface area contributed by atoms with Crippen LogP contribution in [0.5, 0.6) is 0 Å². The van der Waals surface area contributed by atoms with E-state index in [0.717, 1.165) is 11.1 Å². The number of rotatable bonds is 3. The third-order valence-electron chi connectivity index (χ3n) is 2.80. The van der Waals surface area contributed by atoms with Crippen molar-refractivity contribution in [2.75, 3.05) is 6.54 Å². The maximum absolute atomic E-state index is 5.68. The molecular weight excluding hydrogens is 216 g/mol. The molecule has 2 aromatic heterocycles. The van der Waals surface area contributed by atoms with E-state index in [1.165, 1.54) is 0 Å². The molecule has 0 aliphatic carbocycles. The zero-order valence-electron chi connectivity index (χ0n) is 10.3. The van der Waals surface area contributed by atoms with Gasteiger partial charge in [0.2, 0.25) is 11.7 Å². The average Bonchev–Trinajstić information content (AvgIpc) is 2.79. The van der Waals surface area contributed by atoms with Gasteiger partial charge >= 0.3 is 0 Å². The Morgan fingerprint density at radius 1 is 1.41 bits per heavy atom. The summed E-state index contributed by atoms with van der Waals surface area (Å²) in [5.41, 5.74) is 7.32. The van der Waals surface area contributed by atoms with Crippen molar-refractivity contribution >= 4 is 0 Å². The molecule has 0 saturated carbocycles. The Balaban J connectivity index is 2.40. The number of pyridine rings is 1. The van der Waals surface area contributed by atoms with Crippen LogP contribution in [-0.2, 0) is 5.41 Å². The molecule has 2 N–H and O–H groups in total. The molecule has 0 amide bonds. The van der Waals surface area contributed by atoms with Crippen LogP contribution >= 0.6 is 0 Å². The monoisotopic (exact) mass is 232 g/mol. The Morgan fingerprint density at radius 2 is 2.18 bits per heavy atom. The second-order valence-corrected chi connectivity index (χ2v) is 4.70. The van der Waals surface area contributed by atoms with Gasteiger partial charge in [-0.2, -0.15) is 4.98 Å². The first-order valence-electron chi connectivity index (χ1n) is 5.50. The molecule has 2 rings (SSSR count). The Bertz CT molecular complexity index is 519. The van der Waals surface area contributed by atoms with Gasteiger partial charge < -0.3 is 10.3 Å². The molecule has 0 atom stereocenters. The van der Waals surface area contributed by atoms with Gasteiger partial charge in [0.25, 0.3) is 0 Å². The highest BCUT2D eigenvalue weighted by Crippen LogP contribution is 2.24. The summed E-state index contributed by atoms with van der Waals surface area (Å²) in [6, 6.07) is 1.92. The Morgan fingerprint density at radius 3 is 2.82 bits per heavy atom. The lowest BCUT2D eigenvalue weighted by atomic mass is 9.94. The molecule has 2 aromatic rings. The molecular formula is C12H16N4O. The normalized spacial score (nSPS) is 11.8. The van der Waals surface area contributed by atoms with Crippen LogP contribution in [0.2, 0.25) is 0 Å². The lowest BCUT2D eigenvalue weighted by molar-refractivity contribution is 0.311. The summed E-state index contributed by atoms with van der Waals surface area (Å²) in [5.74, 6) is 1.12. The van der Waals surface area contributed by atoms with Gasteiger partial charge in [0.1, 0.15) is 0 Å². The number of nitrogens with two attached hydrogens (primary N) is 1. The molecule has 5 heteroatoms. The summed E-state index contributed by atoms with van der Waals surface area (Å²) >= 11 is 0. The predicted octanol–water partition coefficient (Wildman–Crippen LogP) is 1.68. The van der Waals surface area contributed by atoms with Gasteiger partial charge in [0, 0.05) is 24.5 Å². The molecule has 5 nitrogen and oxygen atoms in total. The summed E-state index contributed by atoms with van der Waals surface area (Å²) in [5, 5.41) is 3.98. The minimum Gasteiger partial charge on any atom is -0.338 e. The topological polar surface area (TPSA) is 77.8 Å². The summed E-state index contributed by atoms with van der Waals surface area (Å²) < 4.78 is 5.26. The van der Waals surface area contributed by atoms with E-state index in [0.29, 0.717) is 18.3 Å². The molecule has 0 saturated heterocycles. The van der Waals surface area contributed by atoms with E-state index in [9.17, 15) is 0 Å². The van der Waals surface area contributed by atoms with Crippen LogP contribution in [0.15, 0.2) is 23.0 Å². The molecule has 17 heavy (non-hydrogen) atoms. The van der Waals surface area contributed by atoms with Gasteiger partial charge in [0.05, 0.1) is 5.41 Å². The van der Waals surface area contributed by atoms with Gasteiger partial charge in [-0.1, -0.05) is 5.16 Å². The molecule has 0 aliphatic rings. The van der Waals surface area contributed by atoms with E-state index >= 15 is 0 Å². The molecule has 0 bridgehead atoms. The van der Waals surface area contributed by atoms with Crippen molar-refractivity contribution in [2.24, 2.45) is 5.73 Å². The van der Waals surface area contributed by atoms with E-state index in [2.05, 4.69) is 15.1 Å². The van der Waals surface area contributed by atoms with Crippen LogP contribution < -0.4 is 5.73 Å². The molecule has 0 fully saturated rings. The number of aryl methyl sites for hydroxylation is 1. The number of hydrogen-bond donors (Lipinski definition) is 1. The maximum Gasteiger partial charge on any atom is 0.233 e. The fourth-order valence-corrected chi connectivity index (χ4v) is 1.39. The molecule has 0 aromatic carbocycles. The second kappa shape index (κ2) is 4.25. The highest BCUT2D eigenvalue weighted by molar-refractivity contribution is 5.57. The number of nitrogens with zero attached hydrogens (tertiary/aromatic N) is 3. The van der Waals surface area contributed by atoms with Crippen molar-refractivity contribution in [1.82, 2.24) is 15.1 Å². The minimum absolute atomic E-state index is 0.304. The van der Waals surface area contributed by atoms with Gasteiger partial charge in [-0.15, -0.1) is 0 Å². The quantitative estimate of drug-likeness (QED) is 0.871. The van der Waals surface area contributed by atoms with Crippen molar-refractivity contribution in [2.45, 2.75) is 26.2 Å². The Labute approximate surface area is 100 Å². The standard InChI is InChI=1S/C12H16N4O/c1-8-4-5-14-6-9(8)10-15-11(17-16-10)12(2,3)7-13/h4-6H,7,13H2,1-3H3. The van der Waals surface area contributed by atoms with E-state index in [1.54, 1.807) is 12.4 Å². The van der Waals surface area contributed by atoms with Gasteiger partial charge in [-0.3, -0.25) is 4.98 Å². The van der Waals surface area contributed by atoms with E-state index < -0.39 is 0 Å². The van der Waals surface area contributed by atoms with Crippen LogP contribution in [0.4, 0.5) is 0 Å². The van der Waals surface area contributed by atoms with Crippen molar-refractivity contribution < 1.29 is 4.52 Å². The number of aromatic nitrogens is 3. The zero-order valence-corrected chi connectivity index (χ0v) is 10.3. The highest BCUT2D eigenvalue weighted by Gasteiger charge is 2.26. The van der Waals surface area contributed by atoms with Crippen LogP contribution in [0.1, 0.15) is 25.3 Å². The molecule has 0 aliphatic heterocycles. The van der Waals surface area contributed by atoms with Crippen molar-refractivity contribution in [3.63, 3.8) is 0 Å². The molecule has 0 spiro atoms. The molecule has 0 radical (unpaired) electrons. The maximum atomic E-state index is 5.68. The Hall–Kier alpha value is -1.75. The third-order valence-corrected chi connectivity index (χ3v) is 2.80.